The van der Waals surface area contributed by atoms with Gasteiger partial charge in [0.05, 0.1) is 12.0 Å². The maximum absolute atomic E-state index is 12.9. The standard InChI is InChI=1S/C11H17F3O/c1-10(6-15,11(12,13)14)9-5-7-2-3-8(9)4-7/h7-9,15H,2-6H2,1H3. The van der Waals surface area contributed by atoms with E-state index in [1.54, 1.807) is 0 Å². The molecular weight excluding hydrogens is 205 g/mol. The smallest absolute Gasteiger partial charge is 0.395 e. The second kappa shape index (κ2) is 3.37. The molecule has 0 aromatic heterocycles. The van der Waals surface area contributed by atoms with Crippen molar-refractivity contribution < 1.29 is 18.3 Å². The van der Waals surface area contributed by atoms with Crippen LogP contribution in [0.3, 0.4) is 0 Å². The molecule has 0 aromatic rings. The SMILES string of the molecule is CC(CO)(C1CC2CCC1C2)C(F)(F)F. The van der Waals surface area contributed by atoms with E-state index in [2.05, 4.69) is 0 Å². The van der Waals surface area contributed by atoms with Crippen molar-refractivity contribution in [2.45, 2.75) is 38.8 Å². The van der Waals surface area contributed by atoms with Crippen LogP contribution in [-0.2, 0) is 0 Å². The van der Waals surface area contributed by atoms with Crippen molar-refractivity contribution in [3.05, 3.63) is 0 Å². The van der Waals surface area contributed by atoms with E-state index in [0.29, 0.717) is 12.3 Å². The molecule has 2 aliphatic carbocycles. The molecule has 0 heterocycles. The molecule has 15 heavy (non-hydrogen) atoms. The number of rotatable bonds is 2. The number of fused-ring (bicyclic) bond motifs is 2. The molecule has 0 saturated heterocycles. The lowest BCUT2D eigenvalue weighted by Gasteiger charge is -2.40. The fourth-order valence-corrected chi connectivity index (χ4v) is 3.44. The average molecular weight is 222 g/mol. The molecule has 1 N–H and O–H groups in total. The topological polar surface area (TPSA) is 20.2 Å². The van der Waals surface area contributed by atoms with Crippen molar-refractivity contribution in [1.29, 1.82) is 0 Å². The Morgan fingerprint density at radius 3 is 2.20 bits per heavy atom. The van der Waals surface area contributed by atoms with Gasteiger partial charge in [-0.05, 0) is 43.9 Å². The molecule has 1 nitrogen and oxygen atoms in total. The van der Waals surface area contributed by atoms with Gasteiger partial charge in [0, 0.05) is 0 Å². The van der Waals surface area contributed by atoms with Crippen molar-refractivity contribution in [2.75, 3.05) is 6.61 Å². The Balaban J connectivity index is 2.20. The number of aliphatic hydroxyl groups excluding tert-OH is 1. The van der Waals surface area contributed by atoms with Crippen LogP contribution in [0, 0.1) is 23.2 Å². The Hall–Kier alpha value is -0.250. The zero-order chi connectivity index (χ0) is 11.3. The molecule has 4 atom stereocenters. The highest BCUT2D eigenvalue weighted by Gasteiger charge is 2.60. The lowest BCUT2D eigenvalue weighted by molar-refractivity contribution is -0.253. The van der Waals surface area contributed by atoms with Gasteiger partial charge in [0.2, 0.25) is 0 Å². The van der Waals surface area contributed by atoms with Crippen molar-refractivity contribution in [2.24, 2.45) is 23.2 Å². The van der Waals surface area contributed by atoms with E-state index < -0.39 is 18.2 Å². The van der Waals surface area contributed by atoms with E-state index in [9.17, 15) is 13.2 Å². The first-order valence-corrected chi connectivity index (χ1v) is 5.56. The van der Waals surface area contributed by atoms with Crippen LogP contribution in [-0.4, -0.2) is 17.9 Å². The molecule has 2 rings (SSSR count). The van der Waals surface area contributed by atoms with Crippen LogP contribution >= 0.6 is 0 Å². The monoisotopic (exact) mass is 222 g/mol. The molecule has 2 fully saturated rings. The number of halogens is 3. The molecule has 2 bridgehead atoms. The molecule has 88 valence electrons. The van der Waals surface area contributed by atoms with Crippen molar-refractivity contribution in [3.63, 3.8) is 0 Å². The zero-order valence-electron chi connectivity index (χ0n) is 8.85. The Morgan fingerprint density at radius 2 is 1.87 bits per heavy atom. The van der Waals surface area contributed by atoms with Gasteiger partial charge in [0.25, 0.3) is 0 Å². The van der Waals surface area contributed by atoms with Gasteiger partial charge in [-0.1, -0.05) is 6.42 Å². The van der Waals surface area contributed by atoms with Crippen LogP contribution in [0.5, 0.6) is 0 Å². The summed E-state index contributed by atoms with van der Waals surface area (Å²) in [5.74, 6) is 0.309. The molecule has 4 unspecified atom stereocenters. The van der Waals surface area contributed by atoms with E-state index in [1.165, 1.54) is 6.92 Å². The number of hydrogen-bond acceptors (Lipinski definition) is 1. The Kier molecular flexibility index (Phi) is 2.53. The summed E-state index contributed by atoms with van der Waals surface area (Å²) >= 11 is 0. The summed E-state index contributed by atoms with van der Waals surface area (Å²) in [6.45, 7) is 0.406. The fourth-order valence-electron chi connectivity index (χ4n) is 3.44. The van der Waals surface area contributed by atoms with Crippen molar-refractivity contribution >= 4 is 0 Å². The van der Waals surface area contributed by atoms with Crippen LogP contribution in [0.4, 0.5) is 13.2 Å². The Morgan fingerprint density at radius 1 is 1.20 bits per heavy atom. The zero-order valence-corrected chi connectivity index (χ0v) is 8.85. The first kappa shape index (κ1) is 11.2. The normalized spacial score (nSPS) is 39.4. The lowest BCUT2D eigenvalue weighted by atomic mass is 9.69. The van der Waals surface area contributed by atoms with Crippen LogP contribution in [0.25, 0.3) is 0 Å². The van der Waals surface area contributed by atoms with Gasteiger partial charge >= 0.3 is 6.18 Å². The van der Waals surface area contributed by atoms with Gasteiger partial charge in [-0.25, -0.2) is 0 Å². The first-order chi connectivity index (χ1) is 6.88. The fraction of sp³-hybridized carbons (Fsp3) is 1.00. The molecule has 0 radical (unpaired) electrons. The van der Waals surface area contributed by atoms with Gasteiger partial charge < -0.3 is 5.11 Å². The highest BCUT2D eigenvalue weighted by atomic mass is 19.4. The number of alkyl halides is 3. The van der Waals surface area contributed by atoms with Gasteiger partial charge in [-0.2, -0.15) is 13.2 Å². The summed E-state index contributed by atoms with van der Waals surface area (Å²) in [6, 6.07) is 0. The first-order valence-electron chi connectivity index (χ1n) is 5.56. The largest absolute Gasteiger partial charge is 0.396 e. The highest BCUT2D eigenvalue weighted by molar-refractivity contribution is 5.00. The van der Waals surface area contributed by atoms with E-state index in [1.807, 2.05) is 0 Å². The summed E-state index contributed by atoms with van der Waals surface area (Å²) in [7, 11) is 0. The van der Waals surface area contributed by atoms with Gasteiger partial charge in [0.1, 0.15) is 0 Å². The third-order valence-corrected chi connectivity index (χ3v) is 4.53. The minimum atomic E-state index is -4.28. The summed E-state index contributed by atoms with van der Waals surface area (Å²) in [5.41, 5.74) is -1.88. The summed E-state index contributed by atoms with van der Waals surface area (Å²) < 4.78 is 38.8. The number of aliphatic hydroxyl groups is 1. The Labute approximate surface area is 87.7 Å². The van der Waals surface area contributed by atoms with Crippen molar-refractivity contribution in [1.82, 2.24) is 0 Å². The molecule has 0 spiro atoms. The average Bonchev–Trinajstić information content (AvgIpc) is 2.75. The summed E-state index contributed by atoms with van der Waals surface area (Å²) in [5, 5.41) is 9.09. The molecule has 0 amide bonds. The predicted molar refractivity (Wildman–Crippen MR) is 50.2 cm³/mol. The second-order valence-corrected chi connectivity index (χ2v) is 5.35. The van der Waals surface area contributed by atoms with E-state index >= 15 is 0 Å². The quantitative estimate of drug-likeness (QED) is 0.761. The predicted octanol–water partition coefficient (Wildman–Crippen LogP) is 2.98. The highest BCUT2D eigenvalue weighted by Crippen LogP contribution is 2.58. The van der Waals surface area contributed by atoms with Gasteiger partial charge in [0.15, 0.2) is 0 Å². The third kappa shape index (κ3) is 1.57. The summed E-state index contributed by atoms with van der Waals surface area (Å²) in [6.07, 6.45) is -0.685. The minimum absolute atomic E-state index is 0.189. The van der Waals surface area contributed by atoms with Gasteiger partial charge in [-0.15, -0.1) is 0 Å². The maximum Gasteiger partial charge on any atom is 0.396 e. The molecule has 0 aromatic carbocycles. The molecule has 0 aliphatic heterocycles. The maximum atomic E-state index is 12.9. The third-order valence-electron chi connectivity index (χ3n) is 4.53. The molecule has 2 aliphatic rings. The van der Waals surface area contributed by atoms with Crippen molar-refractivity contribution in [3.8, 4) is 0 Å². The van der Waals surface area contributed by atoms with Gasteiger partial charge in [-0.3, -0.25) is 0 Å². The summed E-state index contributed by atoms with van der Waals surface area (Å²) in [4.78, 5) is 0. The molecular formula is C11H17F3O. The second-order valence-electron chi connectivity index (χ2n) is 5.35. The van der Waals surface area contributed by atoms with Crippen LogP contribution in [0.1, 0.15) is 32.6 Å². The number of hydrogen-bond donors (Lipinski definition) is 1. The minimum Gasteiger partial charge on any atom is -0.395 e. The van der Waals surface area contributed by atoms with Crippen LogP contribution in [0.15, 0.2) is 0 Å². The lowest BCUT2D eigenvalue weighted by Crippen LogP contribution is -2.46. The van der Waals surface area contributed by atoms with Crippen LogP contribution in [0.2, 0.25) is 0 Å². The van der Waals surface area contributed by atoms with E-state index in [4.69, 9.17) is 5.11 Å². The molecule has 2 saturated carbocycles. The Bertz CT molecular complexity index is 251. The van der Waals surface area contributed by atoms with E-state index in [0.717, 1.165) is 19.3 Å². The molecule has 4 heteroatoms. The van der Waals surface area contributed by atoms with E-state index in [-0.39, 0.29) is 11.8 Å². The van der Waals surface area contributed by atoms with Crippen LogP contribution < -0.4 is 0 Å².